The smallest absolute Gasteiger partial charge is 0.419 e. The molecule has 1 aromatic rings. The van der Waals surface area contributed by atoms with Crippen LogP contribution in [0.5, 0.6) is 0 Å². The lowest BCUT2D eigenvalue weighted by molar-refractivity contribution is -0.137. The minimum atomic E-state index is -4.53. The molecule has 13 heteroatoms. The molecule has 2 heterocycles. The Labute approximate surface area is 303 Å². The maximum absolute atomic E-state index is 13.8. The van der Waals surface area contributed by atoms with E-state index in [4.69, 9.17) is 14.2 Å². The van der Waals surface area contributed by atoms with Crippen LogP contribution in [-0.2, 0) is 31.7 Å². The number of rotatable bonds is 7. The molecule has 1 aliphatic carbocycles. The number of carbonyl (C=O) groups excluding carboxylic acids is 3. The average Bonchev–Trinajstić information content (AvgIpc) is 3.50. The average molecular weight is 729 g/mol. The van der Waals surface area contributed by atoms with Gasteiger partial charge >= 0.3 is 18.4 Å². The summed E-state index contributed by atoms with van der Waals surface area (Å²) in [6.07, 6.45) is -0.888. The third kappa shape index (κ3) is 14.6. The van der Waals surface area contributed by atoms with Gasteiger partial charge < -0.3 is 29.7 Å². The molecule has 1 saturated carbocycles. The second-order valence-corrected chi connectivity index (χ2v) is 15.2. The van der Waals surface area contributed by atoms with Crippen molar-refractivity contribution in [2.24, 2.45) is 5.92 Å². The van der Waals surface area contributed by atoms with Crippen molar-refractivity contribution in [3.63, 3.8) is 0 Å². The third-order valence-electron chi connectivity index (χ3n) is 8.35. The summed E-state index contributed by atoms with van der Waals surface area (Å²) >= 11 is 0. The molecule has 3 atom stereocenters. The lowest BCUT2D eigenvalue weighted by Gasteiger charge is -2.37. The first kappa shape index (κ1) is 44.3. The number of benzene rings is 1. The minimum absolute atomic E-state index is 0.0738. The Balaban J connectivity index is 0.00000171. The largest absolute Gasteiger partial charge is 0.443 e. The molecule has 3 unspecified atom stereocenters. The van der Waals surface area contributed by atoms with Crippen molar-refractivity contribution in [2.45, 2.75) is 150 Å². The first-order valence-electron chi connectivity index (χ1n) is 18.6. The first-order valence-corrected chi connectivity index (χ1v) is 18.6. The van der Waals surface area contributed by atoms with Gasteiger partial charge in [0.05, 0.1) is 11.6 Å². The van der Waals surface area contributed by atoms with Crippen molar-refractivity contribution in [1.29, 1.82) is 0 Å². The molecule has 10 nitrogen and oxygen atoms in total. The number of alkyl halides is 3. The maximum atomic E-state index is 13.8. The minimum Gasteiger partial charge on any atom is -0.443 e. The second-order valence-electron chi connectivity index (χ2n) is 15.2. The second kappa shape index (κ2) is 19.8. The molecular weight excluding hydrogens is 665 g/mol. The first-order chi connectivity index (χ1) is 23.8. The molecule has 0 radical (unpaired) electrons. The Morgan fingerprint density at radius 1 is 0.902 bits per heavy atom. The number of amides is 3. The van der Waals surface area contributed by atoms with Crippen LogP contribution in [0.25, 0.3) is 0 Å². The Morgan fingerprint density at radius 3 is 2.00 bits per heavy atom. The molecular formula is C38H63F3N4O6. The van der Waals surface area contributed by atoms with E-state index in [1.807, 2.05) is 13.8 Å². The zero-order valence-electron chi connectivity index (χ0n) is 32.5. The molecule has 4 rings (SSSR count). The van der Waals surface area contributed by atoms with Crippen LogP contribution in [0.3, 0.4) is 0 Å². The van der Waals surface area contributed by atoms with Crippen LogP contribution < -0.4 is 10.6 Å². The number of fused-ring (bicyclic) bond motifs is 1. The molecule has 2 fully saturated rings. The van der Waals surface area contributed by atoms with Gasteiger partial charge in [0.2, 0.25) is 5.91 Å². The molecule has 0 spiro atoms. The normalized spacial score (nSPS) is 21.0. The van der Waals surface area contributed by atoms with E-state index in [-0.39, 0.29) is 44.0 Å². The number of hydrogen-bond acceptors (Lipinski definition) is 8. The van der Waals surface area contributed by atoms with Gasteiger partial charge in [0.25, 0.3) is 0 Å². The lowest BCUT2D eigenvalue weighted by atomic mass is 9.92. The molecule has 2 N–H and O–H groups in total. The molecule has 292 valence electrons. The van der Waals surface area contributed by atoms with E-state index < -0.39 is 41.2 Å². The molecule has 3 amide bonds. The van der Waals surface area contributed by atoms with Gasteiger partial charge in [-0.15, -0.1) is 0 Å². The fourth-order valence-electron chi connectivity index (χ4n) is 6.24. The number of imide groups is 1. The SMILES string of the molecule is CC.CC(C)(C)OC(=O)N(CCNC1CN(C(=O)C2CCC(NC3CCOCC3)C2)Cc2cc(C(F)(F)F)ccc21)C(=O)OC(C)(C)C.CCC. The summed E-state index contributed by atoms with van der Waals surface area (Å²) < 4.78 is 57.3. The van der Waals surface area contributed by atoms with Crippen LogP contribution in [0.1, 0.15) is 130 Å². The van der Waals surface area contributed by atoms with E-state index in [1.165, 1.54) is 12.5 Å². The predicted octanol–water partition coefficient (Wildman–Crippen LogP) is 8.23. The van der Waals surface area contributed by atoms with Crippen molar-refractivity contribution in [2.75, 3.05) is 32.8 Å². The van der Waals surface area contributed by atoms with Crippen LogP contribution >= 0.6 is 0 Å². The quantitative estimate of drug-likeness (QED) is 0.289. The number of carbonyl (C=O) groups is 3. The predicted molar refractivity (Wildman–Crippen MR) is 192 cm³/mol. The van der Waals surface area contributed by atoms with Crippen molar-refractivity contribution < 1.29 is 41.8 Å². The van der Waals surface area contributed by atoms with Crippen LogP contribution in [0.2, 0.25) is 0 Å². The van der Waals surface area contributed by atoms with Crippen molar-refractivity contribution in [3.8, 4) is 0 Å². The summed E-state index contributed by atoms with van der Waals surface area (Å²) in [5, 5.41) is 6.95. The number of nitrogens with one attached hydrogen (secondary N) is 2. The van der Waals surface area contributed by atoms with Crippen LogP contribution in [-0.4, -0.2) is 84.0 Å². The number of ether oxygens (including phenoxy) is 3. The third-order valence-corrected chi connectivity index (χ3v) is 8.35. The standard InChI is InChI=1S/C33H49F3N4O6.C3H8.C2H6/c1-31(2,3)45-29(42)40(30(43)46-32(4,5)6)14-13-37-27-20-39(19-22-17-23(33(34,35)36)8-10-26(22)27)28(41)21-7-9-25(18-21)38-24-11-15-44-16-12-24;1-3-2;1-2/h8,10,17,21,24-25,27,37-38H,7,9,11-16,18-20H2,1-6H3;3H2,1-2H3;1-2H3. The summed E-state index contributed by atoms with van der Waals surface area (Å²) in [4.78, 5) is 42.2. The molecule has 3 aliphatic rings. The van der Waals surface area contributed by atoms with Crippen molar-refractivity contribution in [3.05, 3.63) is 34.9 Å². The topological polar surface area (TPSA) is 109 Å². The Morgan fingerprint density at radius 2 is 1.47 bits per heavy atom. The van der Waals surface area contributed by atoms with E-state index in [9.17, 15) is 27.6 Å². The number of hydrogen-bond donors (Lipinski definition) is 2. The maximum Gasteiger partial charge on any atom is 0.419 e. The Bertz CT molecular complexity index is 1230. The molecule has 1 saturated heterocycles. The van der Waals surface area contributed by atoms with E-state index in [0.717, 1.165) is 49.5 Å². The highest BCUT2D eigenvalue weighted by atomic mass is 19.4. The van der Waals surface area contributed by atoms with E-state index in [1.54, 1.807) is 46.4 Å². The van der Waals surface area contributed by atoms with Crippen molar-refractivity contribution in [1.82, 2.24) is 20.4 Å². The van der Waals surface area contributed by atoms with Gasteiger partial charge in [0.1, 0.15) is 11.2 Å². The zero-order chi connectivity index (χ0) is 38.6. The molecule has 2 aliphatic heterocycles. The zero-order valence-corrected chi connectivity index (χ0v) is 32.5. The van der Waals surface area contributed by atoms with Crippen molar-refractivity contribution >= 4 is 18.1 Å². The highest BCUT2D eigenvalue weighted by Gasteiger charge is 2.39. The van der Waals surface area contributed by atoms with Crippen LogP contribution in [0, 0.1) is 5.92 Å². The van der Waals surface area contributed by atoms with E-state index in [0.29, 0.717) is 30.0 Å². The number of nitrogens with zero attached hydrogens (tertiary/aromatic N) is 2. The fourth-order valence-corrected chi connectivity index (χ4v) is 6.24. The summed E-state index contributed by atoms with van der Waals surface area (Å²) in [7, 11) is 0. The monoisotopic (exact) mass is 728 g/mol. The Hall–Kier alpha value is -2.90. The van der Waals surface area contributed by atoms with Gasteiger partial charge in [-0.05, 0) is 96.9 Å². The van der Waals surface area contributed by atoms with Gasteiger partial charge in [0, 0.05) is 57.4 Å². The fraction of sp³-hybridized carbons (Fsp3) is 0.763. The lowest BCUT2D eigenvalue weighted by Crippen LogP contribution is -2.48. The van der Waals surface area contributed by atoms with E-state index in [2.05, 4.69) is 24.5 Å². The molecule has 0 aromatic heterocycles. The summed E-state index contributed by atoms with van der Waals surface area (Å²) in [6, 6.07) is 3.66. The van der Waals surface area contributed by atoms with Gasteiger partial charge in [0.15, 0.2) is 0 Å². The highest BCUT2D eigenvalue weighted by molar-refractivity contribution is 5.88. The summed E-state index contributed by atoms with van der Waals surface area (Å²) in [5.41, 5.74) is -1.43. The molecule has 51 heavy (non-hydrogen) atoms. The summed E-state index contributed by atoms with van der Waals surface area (Å²) in [5.74, 6) is -0.296. The summed E-state index contributed by atoms with van der Waals surface area (Å²) in [6.45, 7) is 20.1. The Kier molecular flexibility index (Phi) is 17.2. The van der Waals surface area contributed by atoms with Gasteiger partial charge in [-0.2, -0.15) is 13.2 Å². The van der Waals surface area contributed by atoms with Gasteiger partial charge in [-0.25, -0.2) is 14.5 Å². The molecule has 0 bridgehead atoms. The number of halogens is 3. The highest BCUT2D eigenvalue weighted by Crippen LogP contribution is 2.36. The van der Waals surface area contributed by atoms with Crippen LogP contribution in [0.15, 0.2) is 18.2 Å². The van der Waals surface area contributed by atoms with Gasteiger partial charge in [-0.3, -0.25) is 4.79 Å². The van der Waals surface area contributed by atoms with Gasteiger partial charge in [-0.1, -0.05) is 40.2 Å². The molecule has 1 aromatic carbocycles. The van der Waals surface area contributed by atoms with E-state index >= 15 is 0 Å². The van der Waals surface area contributed by atoms with Crippen LogP contribution in [0.4, 0.5) is 22.8 Å².